The Labute approximate surface area is 155 Å². The molecule has 0 aliphatic heterocycles. The summed E-state index contributed by atoms with van der Waals surface area (Å²) in [6, 6.07) is 7.30. The second-order valence-corrected chi connectivity index (χ2v) is 6.75. The Balaban J connectivity index is 1.57. The monoisotopic (exact) mass is 371 g/mol. The third kappa shape index (κ3) is 4.68. The topological polar surface area (TPSA) is 91.9 Å². The highest BCUT2D eigenvalue weighted by molar-refractivity contribution is 7.09. The number of nitrogens with zero attached hydrogens (tertiary/aromatic N) is 2. The van der Waals surface area contributed by atoms with Gasteiger partial charge in [-0.15, -0.1) is 11.3 Å². The minimum Gasteiger partial charge on any atom is -0.379 e. The number of hydroxylamine groups is 1. The van der Waals surface area contributed by atoms with Crippen molar-refractivity contribution < 1.29 is 9.63 Å². The van der Waals surface area contributed by atoms with Crippen molar-refractivity contribution in [3.05, 3.63) is 63.6 Å². The van der Waals surface area contributed by atoms with Gasteiger partial charge in [-0.25, -0.2) is 15.4 Å². The van der Waals surface area contributed by atoms with Crippen LogP contribution in [0.1, 0.15) is 39.5 Å². The Kier molecular flexibility index (Phi) is 5.98. The van der Waals surface area contributed by atoms with E-state index in [2.05, 4.69) is 25.7 Å². The van der Waals surface area contributed by atoms with Gasteiger partial charge in [0.05, 0.1) is 34.7 Å². The van der Waals surface area contributed by atoms with Gasteiger partial charge in [-0.3, -0.25) is 9.63 Å². The third-order valence-electron chi connectivity index (χ3n) is 3.71. The predicted octanol–water partition coefficient (Wildman–Crippen LogP) is 3.21. The van der Waals surface area contributed by atoms with Crippen LogP contribution in [-0.4, -0.2) is 20.9 Å². The van der Waals surface area contributed by atoms with E-state index in [1.807, 2.05) is 37.4 Å². The summed E-state index contributed by atoms with van der Waals surface area (Å²) in [6.07, 6.45) is 2.66. The normalized spacial score (nSPS) is 10.7. The van der Waals surface area contributed by atoms with E-state index in [-0.39, 0.29) is 12.5 Å². The number of nitrogens with one attached hydrogen (secondary N) is 3. The second-order valence-electron chi connectivity index (χ2n) is 5.69. The van der Waals surface area contributed by atoms with Crippen molar-refractivity contribution in [2.45, 2.75) is 33.4 Å². The van der Waals surface area contributed by atoms with Crippen LogP contribution in [-0.2, 0) is 24.4 Å². The lowest BCUT2D eigenvalue weighted by atomic mass is 10.1. The quantitative estimate of drug-likeness (QED) is 0.529. The van der Waals surface area contributed by atoms with E-state index in [1.165, 1.54) is 0 Å². The van der Waals surface area contributed by atoms with Crippen LogP contribution in [0.15, 0.2) is 35.8 Å². The summed E-state index contributed by atoms with van der Waals surface area (Å²) in [7, 11) is 0. The zero-order valence-electron chi connectivity index (χ0n) is 14.7. The van der Waals surface area contributed by atoms with Gasteiger partial charge < -0.3 is 10.3 Å². The Hall–Kier alpha value is -2.71. The van der Waals surface area contributed by atoms with Gasteiger partial charge in [0, 0.05) is 17.5 Å². The van der Waals surface area contributed by atoms with Crippen LogP contribution in [0.25, 0.3) is 0 Å². The number of para-hydroxylation sites is 1. The van der Waals surface area contributed by atoms with E-state index in [1.54, 1.807) is 23.6 Å². The molecular formula is C18H21N5O2S. The number of aromatic amines is 1. The lowest BCUT2D eigenvalue weighted by Crippen LogP contribution is -2.24. The van der Waals surface area contributed by atoms with Crippen molar-refractivity contribution in [2.24, 2.45) is 0 Å². The molecule has 1 amide bonds. The summed E-state index contributed by atoms with van der Waals surface area (Å²) in [5.74, 6) is 0.636. The number of carbonyl (C=O) groups excluding carboxylic acids is 1. The number of hydrogen-bond donors (Lipinski definition) is 3. The van der Waals surface area contributed by atoms with Gasteiger partial charge in [0.15, 0.2) is 0 Å². The molecule has 2 heterocycles. The molecule has 8 heteroatoms. The van der Waals surface area contributed by atoms with Crippen LogP contribution >= 0.6 is 11.3 Å². The maximum Gasteiger partial charge on any atom is 0.276 e. The molecule has 0 atom stereocenters. The number of carbonyl (C=O) groups is 1. The van der Waals surface area contributed by atoms with Crippen LogP contribution in [0.5, 0.6) is 0 Å². The van der Waals surface area contributed by atoms with Crippen molar-refractivity contribution in [3.8, 4) is 0 Å². The van der Waals surface area contributed by atoms with Crippen LogP contribution in [0, 0.1) is 6.92 Å². The van der Waals surface area contributed by atoms with Gasteiger partial charge in [0.1, 0.15) is 12.4 Å². The van der Waals surface area contributed by atoms with Gasteiger partial charge in [0.2, 0.25) is 0 Å². The number of imidazole rings is 1. The molecular weight excluding hydrogens is 350 g/mol. The highest BCUT2D eigenvalue weighted by atomic mass is 32.1. The van der Waals surface area contributed by atoms with Crippen LogP contribution in [0.2, 0.25) is 0 Å². The van der Waals surface area contributed by atoms with Gasteiger partial charge in [-0.2, -0.15) is 0 Å². The summed E-state index contributed by atoms with van der Waals surface area (Å²) in [4.78, 5) is 29.5. The van der Waals surface area contributed by atoms with Crippen LogP contribution in [0.3, 0.4) is 0 Å². The Morgan fingerprint density at radius 2 is 2.19 bits per heavy atom. The number of anilines is 1. The molecule has 3 rings (SSSR count). The number of hydrogen-bond acceptors (Lipinski definition) is 6. The van der Waals surface area contributed by atoms with Gasteiger partial charge in [-0.05, 0) is 19.1 Å². The molecule has 3 N–H and O–H groups in total. The first-order chi connectivity index (χ1) is 12.7. The molecule has 0 aliphatic rings. The Bertz CT molecular complexity index is 874. The number of H-pyrrole nitrogens is 1. The summed E-state index contributed by atoms with van der Waals surface area (Å²) in [5, 5.41) is 6.14. The molecule has 0 aliphatic carbocycles. The summed E-state index contributed by atoms with van der Waals surface area (Å²) in [5.41, 5.74) is 5.47. The van der Waals surface area contributed by atoms with Crippen molar-refractivity contribution >= 4 is 22.9 Å². The lowest BCUT2D eigenvalue weighted by molar-refractivity contribution is 0.0224. The summed E-state index contributed by atoms with van der Waals surface area (Å²) in [6.45, 7) is 4.76. The number of aryl methyl sites for hydroxylation is 2. The maximum absolute atomic E-state index is 12.4. The third-order valence-corrected chi connectivity index (χ3v) is 4.53. The van der Waals surface area contributed by atoms with Gasteiger partial charge in [0.25, 0.3) is 5.91 Å². The van der Waals surface area contributed by atoms with Crippen molar-refractivity contribution in [3.63, 3.8) is 0 Å². The van der Waals surface area contributed by atoms with Crippen LogP contribution < -0.4 is 10.8 Å². The molecule has 0 fully saturated rings. The first-order valence-corrected chi connectivity index (χ1v) is 9.22. The number of benzene rings is 1. The minimum absolute atomic E-state index is 0.236. The Morgan fingerprint density at radius 3 is 2.92 bits per heavy atom. The fraction of sp³-hybridized carbons (Fsp3) is 0.278. The number of amides is 1. The van der Waals surface area contributed by atoms with Crippen molar-refractivity contribution in [1.82, 2.24) is 20.4 Å². The minimum atomic E-state index is -0.307. The fourth-order valence-electron chi connectivity index (χ4n) is 2.41. The van der Waals surface area contributed by atoms with E-state index in [0.717, 1.165) is 34.3 Å². The van der Waals surface area contributed by atoms with Crippen LogP contribution in [0.4, 0.5) is 5.69 Å². The summed E-state index contributed by atoms with van der Waals surface area (Å²) >= 11 is 1.55. The predicted molar refractivity (Wildman–Crippen MR) is 101 cm³/mol. The van der Waals surface area contributed by atoms with E-state index in [9.17, 15) is 4.79 Å². The second kappa shape index (κ2) is 8.59. The average molecular weight is 371 g/mol. The maximum atomic E-state index is 12.4. The van der Waals surface area contributed by atoms with Crippen molar-refractivity contribution in [2.75, 3.05) is 5.32 Å². The molecule has 136 valence electrons. The molecule has 0 spiro atoms. The first kappa shape index (κ1) is 18.1. The SMILES string of the molecule is CCc1ncc(CNc2ccccc2C(=O)NOCc2csc(C)n2)[nH]1. The summed E-state index contributed by atoms with van der Waals surface area (Å²) < 4.78 is 0. The smallest absolute Gasteiger partial charge is 0.276 e. The van der Waals surface area contributed by atoms with Gasteiger partial charge >= 0.3 is 0 Å². The zero-order valence-corrected chi connectivity index (χ0v) is 15.5. The lowest BCUT2D eigenvalue weighted by Gasteiger charge is -2.11. The largest absolute Gasteiger partial charge is 0.379 e. The average Bonchev–Trinajstić information content (AvgIpc) is 3.29. The molecule has 0 bridgehead atoms. The van der Waals surface area contributed by atoms with Gasteiger partial charge in [-0.1, -0.05) is 19.1 Å². The molecule has 3 aromatic rings. The molecule has 7 nitrogen and oxygen atoms in total. The number of aromatic nitrogens is 3. The van der Waals surface area contributed by atoms with E-state index in [4.69, 9.17) is 4.84 Å². The van der Waals surface area contributed by atoms with Crippen molar-refractivity contribution in [1.29, 1.82) is 0 Å². The molecule has 26 heavy (non-hydrogen) atoms. The van der Waals surface area contributed by atoms with E-state index >= 15 is 0 Å². The molecule has 1 aromatic carbocycles. The molecule has 2 aromatic heterocycles. The van der Waals surface area contributed by atoms with E-state index in [0.29, 0.717) is 12.1 Å². The zero-order chi connectivity index (χ0) is 18.4. The molecule has 0 saturated carbocycles. The molecule has 0 radical (unpaired) electrons. The van der Waals surface area contributed by atoms with E-state index < -0.39 is 0 Å². The molecule has 0 saturated heterocycles. The Morgan fingerprint density at radius 1 is 1.35 bits per heavy atom. The fourth-order valence-corrected chi connectivity index (χ4v) is 3.00. The highest BCUT2D eigenvalue weighted by Crippen LogP contribution is 2.16. The first-order valence-electron chi connectivity index (χ1n) is 8.34. The molecule has 0 unspecified atom stereocenters. The number of rotatable bonds is 8. The number of thiazole rings is 1. The highest BCUT2D eigenvalue weighted by Gasteiger charge is 2.11. The standard InChI is InChI=1S/C18H21N5O2S/c1-3-17-20-9-13(22-17)8-19-16-7-5-4-6-15(16)18(24)23-25-10-14-11-26-12(2)21-14/h4-7,9,11,19H,3,8,10H2,1-2H3,(H,20,22)(H,23,24).